The minimum atomic E-state index is -0.592. The molecule has 13 heteroatoms. The number of hydrogen-bond donors (Lipinski definition) is 6. The molecule has 0 aromatic rings. The van der Waals surface area contributed by atoms with Crippen LogP contribution in [0.2, 0.25) is 0 Å². The van der Waals surface area contributed by atoms with E-state index in [2.05, 4.69) is 48.1 Å². The zero-order chi connectivity index (χ0) is 57.4. The monoisotopic (exact) mass is 1140 g/mol. The third-order valence-corrected chi connectivity index (χ3v) is 18.1. The van der Waals surface area contributed by atoms with Gasteiger partial charge in [-0.15, -0.1) is 0 Å². The number of hydrogen-bond acceptors (Lipinski definition) is 11. The molecule has 5 atom stereocenters. The first-order chi connectivity index (χ1) is 37.9. The quantitative estimate of drug-likeness (QED) is 0.0255. The van der Waals surface area contributed by atoms with Gasteiger partial charge in [0.05, 0.1) is 24.4 Å². The van der Waals surface area contributed by atoms with Crippen molar-refractivity contribution in [1.82, 2.24) is 25.3 Å². The Hall–Kier alpha value is -0.640. The fourth-order valence-corrected chi connectivity index (χ4v) is 12.8. The summed E-state index contributed by atoms with van der Waals surface area (Å²) in [4.78, 5) is 33.4. The van der Waals surface area contributed by atoms with Gasteiger partial charge < -0.3 is 36.0 Å². The van der Waals surface area contributed by atoms with E-state index in [0.717, 1.165) is 115 Å². The highest BCUT2D eigenvalue weighted by atomic mass is 33.1. The van der Waals surface area contributed by atoms with Gasteiger partial charge in [-0.2, -0.15) is 0 Å². The molecular weight excluding hydrogens is 1010 g/mol. The second-order valence-corrected chi connectivity index (χ2v) is 26.7. The molecule has 0 aromatic carbocycles. The summed E-state index contributed by atoms with van der Waals surface area (Å²) in [6, 6.07) is -0.592. The molecule has 0 aliphatic heterocycles. The predicted octanol–water partition coefficient (Wildman–Crippen LogP) is 15.0. The Morgan fingerprint density at radius 1 is 0.385 bits per heavy atom. The van der Waals surface area contributed by atoms with Crippen molar-refractivity contribution in [3.05, 3.63) is 0 Å². The molecule has 0 aromatic heterocycles. The maximum Gasteiger partial charge on any atom is 0.242 e. The van der Waals surface area contributed by atoms with Gasteiger partial charge in [-0.05, 0) is 85.0 Å². The highest BCUT2D eigenvalue weighted by Crippen LogP contribution is 2.25. The first-order valence-electron chi connectivity index (χ1n) is 33.6. The van der Waals surface area contributed by atoms with E-state index >= 15 is 0 Å². The van der Waals surface area contributed by atoms with Gasteiger partial charge in [0.15, 0.2) is 0 Å². The van der Waals surface area contributed by atoms with Crippen LogP contribution in [0, 0.1) is 0 Å². The van der Waals surface area contributed by atoms with Crippen molar-refractivity contribution in [2.75, 3.05) is 78.0 Å². The van der Waals surface area contributed by atoms with Gasteiger partial charge in [-0.3, -0.25) is 19.4 Å². The highest BCUT2D eigenvalue weighted by Gasteiger charge is 2.22. The summed E-state index contributed by atoms with van der Waals surface area (Å²) in [6.07, 6.45) is 46.2. The van der Waals surface area contributed by atoms with Crippen molar-refractivity contribution < 1.29 is 30.0 Å². The van der Waals surface area contributed by atoms with Gasteiger partial charge in [-0.1, -0.05) is 255 Å². The number of aliphatic hydroxyl groups excluding tert-OH is 4. The SMILES string of the molecule is CCCCCCCCCCCCC(O)CN(CCCCSSCCC(NC(=O)CCCCN(CC(O)CCCCCCCC)CC(O)CCCCCCCC)C(=O)NCCN(C)C)CC(O)CCCCCCCCCCCC. The first-order valence-corrected chi connectivity index (χ1v) is 36.1. The molecule has 5 unspecified atom stereocenters. The number of aliphatic hydroxyl groups is 4. The fraction of sp³-hybridized carbons (Fsp3) is 0.969. The van der Waals surface area contributed by atoms with E-state index in [-0.39, 0.29) is 24.0 Å². The van der Waals surface area contributed by atoms with Gasteiger partial charge in [0.25, 0.3) is 0 Å². The lowest BCUT2D eigenvalue weighted by Gasteiger charge is -2.27. The maximum absolute atomic E-state index is 13.4. The maximum atomic E-state index is 13.4. The third kappa shape index (κ3) is 54.6. The van der Waals surface area contributed by atoms with Crippen LogP contribution in [0.1, 0.15) is 297 Å². The van der Waals surface area contributed by atoms with Gasteiger partial charge in [0.1, 0.15) is 6.04 Å². The number of nitrogens with one attached hydrogen (secondary N) is 2. The Kier molecular flexibility index (Phi) is 59.0. The van der Waals surface area contributed by atoms with Crippen molar-refractivity contribution in [1.29, 1.82) is 0 Å². The number of rotatable bonds is 63. The van der Waals surface area contributed by atoms with Crippen LogP contribution >= 0.6 is 21.6 Å². The summed E-state index contributed by atoms with van der Waals surface area (Å²) < 4.78 is 0. The van der Waals surface area contributed by atoms with Crippen LogP contribution in [0.25, 0.3) is 0 Å². The largest absolute Gasteiger partial charge is 0.392 e. The van der Waals surface area contributed by atoms with Crippen LogP contribution in [0.15, 0.2) is 0 Å². The normalized spacial score (nSPS) is 13.9. The second-order valence-electron chi connectivity index (χ2n) is 24.0. The molecule has 0 aliphatic carbocycles. The third-order valence-electron chi connectivity index (χ3n) is 15.6. The molecule has 0 saturated carbocycles. The lowest BCUT2D eigenvalue weighted by atomic mass is 10.0. The molecule has 0 spiro atoms. The lowest BCUT2D eigenvalue weighted by Crippen LogP contribution is -2.48. The zero-order valence-corrected chi connectivity index (χ0v) is 54.1. The summed E-state index contributed by atoms with van der Waals surface area (Å²) in [7, 11) is 7.56. The number of likely N-dealkylation sites (N-methyl/N-ethyl adjacent to an activating group) is 1. The van der Waals surface area contributed by atoms with Crippen molar-refractivity contribution in [2.24, 2.45) is 0 Å². The Balaban J connectivity index is 5.14. The van der Waals surface area contributed by atoms with E-state index in [1.165, 1.54) is 167 Å². The minimum Gasteiger partial charge on any atom is -0.392 e. The van der Waals surface area contributed by atoms with E-state index in [1.54, 1.807) is 10.8 Å². The van der Waals surface area contributed by atoms with Gasteiger partial charge in [0.2, 0.25) is 11.8 Å². The van der Waals surface area contributed by atoms with Crippen molar-refractivity contribution in [3.8, 4) is 0 Å². The molecule has 0 rings (SSSR count). The molecule has 466 valence electrons. The van der Waals surface area contributed by atoms with Crippen LogP contribution in [0.5, 0.6) is 0 Å². The summed E-state index contributed by atoms with van der Waals surface area (Å²) >= 11 is 0. The van der Waals surface area contributed by atoms with E-state index in [4.69, 9.17) is 0 Å². The molecule has 78 heavy (non-hydrogen) atoms. The Morgan fingerprint density at radius 3 is 1.05 bits per heavy atom. The topological polar surface area (TPSA) is 149 Å². The Morgan fingerprint density at radius 2 is 0.705 bits per heavy atom. The molecule has 0 heterocycles. The van der Waals surface area contributed by atoms with Crippen molar-refractivity contribution in [2.45, 2.75) is 328 Å². The summed E-state index contributed by atoms with van der Waals surface area (Å²) in [5.74, 6) is 1.49. The summed E-state index contributed by atoms with van der Waals surface area (Å²) in [5.41, 5.74) is 0. The molecule has 6 N–H and O–H groups in total. The van der Waals surface area contributed by atoms with E-state index < -0.39 is 18.2 Å². The molecule has 2 amide bonds. The predicted molar refractivity (Wildman–Crippen MR) is 342 cm³/mol. The van der Waals surface area contributed by atoms with E-state index in [1.807, 2.05) is 29.8 Å². The average molecular weight is 1140 g/mol. The average Bonchev–Trinajstić information content (AvgIpc) is 3.40. The molecule has 0 saturated heterocycles. The van der Waals surface area contributed by atoms with Crippen LogP contribution in [-0.4, -0.2) is 155 Å². The van der Waals surface area contributed by atoms with Crippen LogP contribution in [-0.2, 0) is 9.59 Å². The lowest BCUT2D eigenvalue weighted by molar-refractivity contribution is -0.129. The Bertz CT molecular complexity index is 1200. The van der Waals surface area contributed by atoms with E-state index in [9.17, 15) is 30.0 Å². The second kappa shape index (κ2) is 59.5. The fourth-order valence-electron chi connectivity index (χ4n) is 10.6. The van der Waals surface area contributed by atoms with Crippen molar-refractivity contribution >= 4 is 33.4 Å². The van der Waals surface area contributed by atoms with Gasteiger partial charge in [0, 0.05) is 57.2 Å². The smallest absolute Gasteiger partial charge is 0.242 e. The number of nitrogens with zero attached hydrogens (tertiary/aromatic N) is 3. The Labute approximate surface area is 492 Å². The minimum absolute atomic E-state index is 0.107. The van der Waals surface area contributed by atoms with Crippen LogP contribution < -0.4 is 10.6 Å². The van der Waals surface area contributed by atoms with Gasteiger partial charge in [-0.25, -0.2) is 0 Å². The van der Waals surface area contributed by atoms with Crippen LogP contribution in [0.4, 0.5) is 0 Å². The molecule has 11 nitrogen and oxygen atoms in total. The summed E-state index contributed by atoms with van der Waals surface area (Å²) in [5, 5.41) is 50.4. The number of unbranched alkanes of at least 4 members (excludes halogenated alkanes) is 30. The zero-order valence-electron chi connectivity index (χ0n) is 52.4. The molecular formula is C65H133N5O6S2. The highest BCUT2D eigenvalue weighted by molar-refractivity contribution is 8.76. The molecule has 0 bridgehead atoms. The molecule has 0 fully saturated rings. The summed E-state index contributed by atoms with van der Waals surface area (Å²) in [6.45, 7) is 14.2. The van der Waals surface area contributed by atoms with Crippen LogP contribution in [0.3, 0.4) is 0 Å². The standard InChI is InChI=1S/C65H133N5O6S2/c1-7-11-15-19-23-25-27-29-33-37-45-61(73)57-70(58-62(74)46-38-34-30-28-26-24-20-16-12-8-2)51-41-42-53-77-78-54-48-63(65(76)66-49-52-68(5)6)67-64(75)47-39-40-50-69(55-59(71)43-35-31-21-17-13-9-3)56-60(72)44-36-32-22-18-14-10-4/h59-63,71-74H,7-58H2,1-6H3,(H,66,76)(H,67,75). The van der Waals surface area contributed by atoms with Gasteiger partial charge >= 0.3 is 0 Å². The van der Waals surface area contributed by atoms with E-state index in [0.29, 0.717) is 52.0 Å². The molecule has 0 radical (unpaired) electrons. The number of amides is 2. The number of carbonyl (C=O) groups is 2. The first kappa shape index (κ1) is 77.4. The number of carbonyl (C=O) groups excluding carboxylic acids is 2. The van der Waals surface area contributed by atoms with Crippen molar-refractivity contribution in [3.63, 3.8) is 0 Å². The molecule has 0 aliphatic rings.